The molecule has 1 spiro atoms. The van der Waals surface area contributed by atoms with Gasteiger partial charge in [0.2, 0.25) is 0 Å². The molecule has 5 nitrogen and oxygen atoms in total. The minimum atomic E-state index is -0.455. The molecule has 3 aromatic carbocycles. The Bertz CT molecular complexity index is 1090. The number of nitrogens with zero attached hydrogens (tertiary/aromatic N) is 2. The Hall–Kier alpha value is -3.31. The van der Waals surface area contributed by atoms with Crippen LogP contribution in [-0.4, -0.2) is 36.7 Å². The summed E-state index contributed by atoms with van der Waals surface area (Å²) in [4.78, 5) is 17.9. The summed E-state index contributed by atoms with van der Waals surface area (Å²) in [7, 11) is 1.65. The Morgan fingerprint density at radius 3 is 2.29 bits per heavy atom. The van der Waals surface area contributed by atoms with Crippen LogP contribution in [0.1, 0.15) is 28.4 Å². The number of hydrogen-bond donors (Lipinski definition) is 1. The number of ether oxygens (including phenoxy) is 1. The van der Waals surface area contributed by atoms with E-state index < -0.39 is 5.66 Å². The number of benzene rings is 3. The highest BCUT2D eigenvalue weighted by Gasteiger charge is 2.53. The van der Waals surface area contributed by atoms with Gasteiger partial charge in [-0.3, -0.25) is 14.6 Å². The zero-order chi connectivity index (χ0) is 21.4. The molecule has 1 fully saturated rings. The first-order valence-electron chi connectivity index (χ1n) is 10.8. The molecule has 0 radical (unpaired) electrons. The van der Waals surface area contributed by atoms with Gasteiger partial charge in [0.15, 0.2) is 0 Å². The molecular formula is C26H27N3O2. The zero-order valence-corrected chi connectivity index (χ0v) is 18.0. The van der Waals surface area contributed by atoms with E-state index in [0.29, 0.717) is 5.56 Å². The third-order valence-electron chi connectivity index (χ3n) is 6.29. The van der Waals surface area contributed by atoms with Crippen LogP contribution in [0.4, 0.5) is 11.4 Å². The van der Waals surface area contributed by atoms with E-state index in [4.69, 9.17) is 4.74 Å². The highest BCUT2D eigenvalue weighted by atomic mass is 16.5. The molecule has 1 amide bonds. The zero-order valence-electron chi connectivity index (χ0n) is 18.0. The second kappa shape index (κ2) is 7.75. The maximum Gasteiger partial charge on any atom is 0.262 e. The summed E-state index contributed by atoms with van der Waals surface area (Å²) in [5, 5.41) is 3.68. The van der Waals surface area contributed by atoms with Crippen molar-refractivity contribution in [3.8, 4) is 5.75 Å². The Morgan fingerprint density at radius 2 is 1.61 bits per heavy atom. The van der Waals surface area contributed by atoms with E-state index in [2.05, 4.69) is 41.4 Å². The molecule has 5 heteroatoms. The Balaban J connectivity index is 1.43. The maximum atomic E-state index is 13.6. The smallest absolute Gasteiger partial charge is 0.262 e. The van der Waals surface area contributed by atoms with E-state index in [1.54, 1.807) is 7.11 Å². The van der Waals surface area contributed by atoms with E-state index in [1.807, 2.05) is 53.4 Å². The molecule has 0 unspecified atom stereocenters. The fourth-order valence-corrected chi connectivity index (χ4v) is 4.66. The van der Waals surface area contributed by atoms with Gasteiger partial charge in [0.05, 0.1) is 12.7 Å². The van der Waals surface area contributed by atoms with E-state index in [9.17, 15) is 4.79 Å². The summed E-state index contributed by atoms with van der Waals surface area (Å²) >= 11 is 0. The van der Waals surface area contributed by atoms with Gasteiger partial charge in [0, 0.05) is 31.0 Å². The van der Waals surface area contributed by atoms with Gasteiger partial charge in [0.25, 0.3) is 5.91 Å². The molecule has 1 N–H and O–H groups in total. The molecule has 5 rings (SSSR count). The highest BCUT2D eigenvalue weighted by Crippen LogP contribution is 2.40. The van der Waals surface area contributed by atoms with Gasteiger partial charge >= 0.3 is 0 Å². The molecule has 2 aliphatic heterocycles. The van der Waals surface area contributed by atoms with Crippen molar-refractivity contribution in [1.29, 1.82) is 0 Å². The van der Waals surface area contributed by atoms with Gasteiger partial charge in [-0.05, 0) is 53.9 Å². The normalized spacial score (nSPS) is 17.1. The predicted molar refractivity (Wildman–Crippen MR) is 124 cm³/mol. The molecule has 2 heterocycles. The van der Waals surface area contributed by atoms with Crippen LogP contribution in [0.5, 0.6) is 5.75 Å². The van der Waals surface area contributed by atoms with E-state index in [-0.39, 0.29) is 5.91 Å². The number of carbonyl (C=O) groups excluding carboxylic acids is 1. The number of rotatable bonds is 5. The summed E-state index contributed by atoms with van der Waals surface area (Å²) in [6, 6.07) is 24.3. The summed E-state index contributed by atoms with van der Waals surface area (Å²) in [6.07, 6.45) is 1.05. The van der Waals surface area contributed by atoms with Gasteiger partial charge in [0.1, 0.15) is 11.4 Å². The standard InChI is InChI=1S/C26H27N3O2/c1-3-19-8-10-20(11-9-19)16-28-17-26(18-28)27-24-7-5-4-6-23(24)25(30)29(26)21-12-14-22(31-2)15-13-21/h4-15,27H,3,16-18H2,1-2H3. The van der Waals surface area contributed by atoms with Crippen molar-refractivity contribution in [1.82, 2.24) is 4.90 Å². The Labute approximate surface area is 183 Å². The van der Waals surface area contributed by atoms with Crippen molar-refractivity contribution in [2.24, 2.45) is 0 Å². The number of fused-ring (bicyclic) bond motifs is 1. The van der Waals surface area contributed by atoms with Crippen LogP contribution in [-0.2, 0) is 13.0 Å². The van der Waals surface area contributed by atoms with Crippen LogP contribution in [0.2, 0.25) is 0 Å². The van der Waals surface area contributed by atoms with E-state index in [1.165, 1.54) is 11.1 Å². The van der Waals surface area contributed by atoms with Gasteiger partial charge in [-0.25, -0.2) is 0 Å². The average Bonchev–Trinajstić information content (AvgIpc) is 2.79. The first-order valence-corrected chi connectivity index (χ1v) is 10.8. The number of para-hydroxylation sites is 1. The van der Waals surface area contributed by atoms with Gasteiger partial charge in [-0.15, -0.1) is 0 Å². The first-order chi connectivity index (χ1) is 15.1. The van der Waals surface area contributed by atoms with E-state index in [0.717, 1.165) is 43.2 Å². The number of anilines is 2. The van der Waals surface area contributed by atoms with Crippen molar-refractivity contribution < 1.29 is 9.53 Å². The predicted octanol–water partition coefficient (Wildman–Crippen LogP) is 4.54. The topological polar surface area (TPSA) is 44.8 Å². The molecule has 0 atom stereocenters. The monoisotopic (exact) mass is 413 g/mol. The quantitative estimate of drug-likeness (QED) is 0.667. The number of nitrogens with one attached hydrogen (secondary N) is 1. The molecule has 158 valence electrons. The summed E-state index contributed by atoms with van der Waals surface area (Å²) in [5.41, 5.74) is 4.68. The van der Waals surface area contributed by atoms with Crippen molar-refractivity contribution in [3.63, 3.8) is 0 Å². The molecule has 31 heavy (non-hydrogen) atoms. The SMILES string of the molecule is CCc1ccc(CN2CC3(C2)Nc2ccccc2C(=O)N3c2ccc(OC)cc2)cc1. The van der Waals surface area contributed by atoms with Gasteiger partial charge in [-0.2, -0.15) is 0 Å². The fourth-order valence-electron chi connectivity index (χ4n) is 4.66. The maximum absolute atomic E-state index is 13.6. The second-order valence-corrected chi connectivity index (χ2v) is 8.36. The minimum Gasteiger partial charge on any atom is -0.497 e. The minimum absolute atomic E-state index is 0.0338. The molecule has 0 aromatic heterocycles. The van der Waals surface area contributed by atoms with Crippen molar-refractivity contribution in [2.75, 3.05) is 30.4 Å². The molecule has 2 aliphatic rings. The third kappa shape index (κ3) is 3.45. The van der Waals surface area contributed by atoms with Gasteiger partial charge < -0.3 is 10.1 Å². The number of aryl methyl sites for hydroxylation is 1. The van der Waals surface area contributed by atoms with Crippen LogP contribution in [0.3, 0.4) is 0 Å². The number of methoxy groups -OCH3 is 1. The molecule has 1 saturated heterocycles. The van der Waals surface area contributed by atoms with Crippen LogP contribution in [0, 0.1) is 0 Å². The average molecular weight is 414 g/mol. The summed E-state index contributed by atoms with van der Waals surface area (Å²) in [5.74, 6) is 0.813. The van der Waals surface area contributed by atoms with Gasteiger partial charge in [-0.1, -0.05) is 43.3 Å². The van der Waals surface area contributed by atoms with Crippen molar-refractivity contribution in [2.45, 2.75) is 25.6 Å². The van der Waals surface area contributed by atoms with Crippen molar-refractivity contribution in [3.05, 3.63) is 89.5 Å². The Kier molecular flexibility index (Phi) is 4.91. The summed E-state index contributed by atoms with van der Waals surface area (Å²) in [6.45, 7) is 4.56. The fraction of sp³-hybridized carbons (Fsp3) is 0.269. The lowest BCUT2D eigenvalue weighted by Crippen LogP contribution is -2.76. The summed E-state index contributed by atoms with van der Waals surface area (Å²) < 4.78 is 5.30. The Morgan fingerprint density at radius 1 is 0.935 bits per heavy atom. The lowest BCUT2D eigenvalue weighted by atomic mass is 9.90. The number of likely N-dealkylation sites (tertiary alicyclic amines) is 1. The molecule has 0 saturated carbocycles. The van der Waals surface area contributed by atoms with Crippen LogP contribution in [0.25, 0.3) is 0 Å². The number of amides is 1. The lowest BCUT2D eigenvalue weighted by Gasteiger charge is -2.58. The number of hydrogen-bond acceptors (Lipinski definition) is 4. The molecular weight excluding hydrogens is 386 g/mol. The molecule has 0 bridgehead atoms. The largest absolute Gasteiger partial charge is 0.497 e. The molecule has 3 aromatic rings. The van der Waals surface area contributed by atoms with Crippen molar-refractivity contribution >= 4 is 17.3 Å². The highest BCUT2D eigenvalue weighted by molar-refractivity contribution is 6.13. The van der Waals surface area contributed by atoms with E-state index >= 15 is 0 Å². The van der Waals surface area contributed by atoms with Crippen LogP contribution < -0.4 is 15.0 Å². The molecule has 0 aliphatic carbocycles. The van der Waals surface area contributed by atoms with Crippen LogP contribution >= 0.6 is 0 Å². The lowest BCUT2D eigenvalue weighted by molar-refractivity contribution is 0.0609. The third-order valence-corrected chi connectivity index (χ3v) is 6.29. The van der Waals surface area contributed by atoms with Crippen LogP contribution in [0.15, 0.2) is 72.8 Å². The first kappa shape index (κ1) is 19.6. The number of carbonyl (C=O) groups is 1. The second-order valence-electron chi connectivity index (χ2n) is 8.36.